The van der Waals surface area contributed by atoms with Crippen LogP contribution >= 0.6 is 0 Å². The van der Waals surface area contributed by atoms with Gasteiger partial charge in [-0.05, 0) is 47.9 Å². The normalized spacial score (nSPS) is 10.7. The molecule has 4 nitrogen and oxygen atoms in total. The lowest BCUT2D eigenvalue weighted by molar-refractivity contribution is 0.414. The number of nitrogens with zero attached hydrogens (tertiary/aromatic N) is 2. The number of nitrogen functional groups attached to an aromatic ring is 1. The van der Waals surface area contributed by atoms with Gasteiger partial charge in [0.1, 0.15) is 17.9 Å². The van der Waals surface area contributed by atoms with Crippen LogP contribution < -0.4 is 10.5 Å². The molecule has 0 unspecified atom stereocenters. The lowest BCUT2D eigenvalue weighted by atomic mass is 9.99. The zero-order valence-corrected chi connectivity index (χ0v) is 11.4. The van der Waals surface area contributed by atoms with E-state index in [1.807, 2.05) is 30.3 Å². The molecule has 0 bridgehead atoms. The van der Waals surface area contributed by atoms with E-state index in [0.29, 0.717) is 5.82 Å². The Bertz CT molecular complexity index is 784. The van der Waals surface area contributed by atoms with E-state index in [4.69, 9.17) is 10.5 Å². The predicted molar refractivity (Wildman–Crippen MR) is 80.7 cm³/mol. The van der Waals surface area contributed by atoms with Crippen molar-refractivity contribution in [1.29, 1.82) is 0 Å². The minimum absolute atomic E-state index is 0.503. The first kappa shape index (κ1) is 12.4. The van der Waals surface area contributed by atoms with E-state index in [1.165, 1.54) is 6.33 Å². The third-order valence-corrected chi connectivity index (χ3v) is 3.41. The van der Waals surface area contributed by atoms with Gasteiger partial charge >= 0.3 is 0 Å². The quantitative estimate of drug-likeness (QED) is 0.773. The minimum atomic E-state index is 0.503. The standard InChI is InChI=1S/C16H15N3O/c1-10-7-12(20-2)4-5-13(10)11-3-6-15-14(8-11)16(17)19-9-18-15/h3-9H,1-2H3,(H2,17,18,19). The topological polar surface area (TPSA) is 61.0 Å². The van der Waals surface area contributed by atoms with Gasteiger partial charge < -0.3 is 10.5 Å². The lowest BCUT2D eigenvalue weighted by Crippen LogP contribution is -1.94. The number of hydrogen-bond donors (Lipinski definition) is 1. The van der Waals surface area contributed by atoms with E-state index in [-0.39, 0.29) is 0 Å². The van der Waals surface area contributed by atoms with Crippen molar-refractivity contribution in [3.05, 3.63) is 48.3 Å². The molecule has 1 heterocycles. The maximum absolute atomic E-state index is 5.92. The van der Waals surface area contributed by atoms with E-state index in [0.717, 1.165) is 33.3 Å². The molecule has 0 spiro atoms. The fourth-order valence-corrected chi connectivity index (χ4v) is 2.33. The van der Waals surface area contributed by atoms with Gasteiger partial charge in [-0.2, -0.15) is 0 Å². The number of rotatable bonds is 2. The van der Waals surface area contributed by atoms with Crippen LogP contribution in [0.5, 0.6) is 5.75 Å². The zero-order chi connectivity index (χ0) is 14.1. The zero-order valence-electron chi connectivity index (χ0n) is 11.4. The van der Waals surface area contributed by atoms with Crippen LogP contribution in [0.3, 0.4) is 0 Å². The van der Waals surface area contributed by atoms with Crippen molar-refractivity contribution in [2.45, 2.75) is 6.92 Å². The second-order valence-corrected chi connectivity index (χ2v) is 4.67. The molecule has 3 aromatic rings. The number of anilines is 1. The van der Waals surface area contributed by atoms with Crippen molar-refractivity contribution >= 4 is 16.7 Å². The second-order valence-electron chi connectivity index (χ2n) is 4.67. The highest BCUT2D eigenvalue weighted by atomic mass is 16.5. The van der Waals surface area contributed by atoms with Crippen molar-refractivity contribution < 1.29 is 4.74 Å². The largest absolute Gasteiger partial charge is 0.497 e. The molecular formula is C16H15N3O. The summed E-state index contributed by atoms with van der Waals surface area (Å²) in [4.78, 5) is 8.25. The Labute approximate surface area is 117 Å². The molecule has 0 aliphatic rings. The fraction of sp³-hybridized carbons (Fsp3) is 0.125. The second kappa shape index (κ2) is 4.81. The molecule has 3 rings (SSSR count). The molecule has 0 radical (unpaired) electrons. The molecule has 4 heteroatoms. The summed E-state index contributed by atoms with van der Waals surface area (Å²) in [5, 5.41) is 0.875. The van der Waals surface area contributed by atoms with Crippen LogP contribution in [0.25, 0.3) is 22.0 Å². The average Bonchev–Trinajstić information content (AvgIpc) is 2.47. The van der Waals surface area contributed by atoms with Crippen LogP contribution in [-0.2, 0) is 0 Å². The summed E-state index contributed by atoms with van der Waals surface area (Å²) in [6.45, 7) is 2.06. The first-order valence-electron chi connectivity index (χ1n) is 6.34. The summed E-state index contributed by atoms with van der Waals surface area (Å²) in [5.41, 5.74) is 10.2. The van der Waals surface area contributed by atoms with Gasteiger partial charge in [-0.3, -0.25) is 0 Å². The Morgan fingerprint density at radius 1 is 1.05 bits per heavy atom. The maximum Gasteiger partial charge on any atom is 0.134 e. The highest BCUT2D eigenvalue weighted by Gasteiger charge is 2.06. The van der Waals surface area contributed by atoms with Crippen molar-refractivity contribution in [2.24, 2.45) is 0 Å². The molecule has 20 heavy (non-hydrogen) atoms. The Balaban J connectivity index is 2.17. The average molecular weight is 265 g/mol. The highest BCUT2D eigenvalue weighted by Crippen LogP contribution is 2.29. The molecule has 0 aliphatic heterocycles. The lowest BCUT2D eigenvalue weighted by Gasteiger charge is -2.09. The summed E-state index contributed by atoms with van der Waals surface area (Å²) < 4.78 is 5.24. The first-order valence-corrected chi connectivity index (χ1v) is 6.34. The number of hydrogen-bond acceptors (Lipinski definition) is 4. The Morgan fingerprint density at radius 2 is 1.90 bits per heavy atom. The number of methoxy groups -OCH3 is 1. The third kappa shape index (κ3) is 2.05. The highest BCUT2D eigenvalue weighted by molar-refractivity contribution is 5.91. The van der Waals surface area contributed by atoms with Crippen molar-refractivity contribution in [2.75, 3.05) is 12.8 Å². The molecule has 100 valence electrons. The molecule has 0 fully saturated rings. The van der Waals surface area contributed by atoms with Gasteiger partial charge in [0.25, 0.3) is 0 Å². The summed E-state index contributed by atoms with van der Waals surface area (Å²) in [5.74, 6) is 1.36. The fourth-order valence-electron chi connectivity index (χ4n) is 2.33. The molecular weight excluding hydrogens is 250 g/mol. The molecule has 0 saturated carbocycles. The predicted octanol–water partition coefficient (Wildman–Crippen LogP) is 3.20. The van der Waals surface area contributed by atoms with E-state index < -0.39 is 0 Å². The summed E-state index contributed by atoms with van der Waals surface area (Å²) in [6, 6.07) is 12.1. The van der Waals surface area contributed by atoms with E-state index in [1.54, 1.807) is 7.11 Å². The third-order valence-electron chi connectivity index (χ3n) is 3.41. The van der Waals surface area contributed by atoms with E-state index in [9.17, 15) is 0 Å². The van der Waals surface area contributed by atoms with Crippen LogP contribution in [0.15, 0.2) is 42.7 Å². The van der Waals surface area contributed by atoms with Crippen LogP contribution in [0.2, 0.25) is 0 Å². The first-order chi connectivity index (χ1) is 9.69. The van der Waals surface area contributed by atoms with Crippen molar-refractivity contribution in [3.63, 3.8) is 0 Å². The van der Waals surface area contributed by atoms with Gasteiger partial charge in [0.15, 0.2) is 0 Å². The number of fused-ring (bicyclic) bond motifs is 1. The summed E-state index contributed by atoms with van der Waals surface area (Å²) in [6.07, 6.45) is 1.48. The Hall–Kier alpha value is -2.62. The van der Waals surface area contributed by atoms with Crippen LogP contribution in [-0.4, -0.2) is 17.1 Å². The Morgan fingerprint density at radius 3 is 2.65 bits per heavy atom. The molecule has 0 amide bonds. The summed E-state index contributed by atoms with van der Waals surface area (Å²) in [7, 11) is 1.67. The molecule has 1 aromatic heterocycles. The number of aryl methyl sites for hydroxylation is 1. The molecule has 0 atom stereocenters. The molecule has 2 aromatic carbocycles. The smallest absolute Gasteiger partial charge is 0.134 e. The number of nitrogens with two attached hydrogens (primary N) is 1. The van der Waals surface area contributed by atoms with Crippen LogP contribution in [0.4, 0.5) is 5.82 Å². The minimum Gasteiger partial charge on any atom is -0.497 e. The Kier molecular flexibility index (Phi) is 2.99. The monoisotopic (exact) mass is 265 g/mol. The van der Waals surface area contributed by atoms with E-state index in [2.05, 4.69) is 23.0 Å². The summed E-state index contributed by atoms with van der Waals surface area (Å²) >= 11 is 0. The number of ether oxygens (including phenoxy) is 1. The number of benzene rings is 2. The van der Waals surface area contributed by atoms with Crippen LogP contribution in [0, 0.1) is 6.92 Å². The van der Waals surface area contributed by atoms with Gasteiger partial charge in [0.2, 0.25) is 0 Å². The maximum atomic E-state index is 5.92. The van der Waals surface area contributed by atoms with Crippen molar-refractivity contribution in [3.8, 4) is 16.9 Å². The molecule has 0 aliphatic carbocycles. The van der Waals surface area contributed by atoms with Gasteiger partial charge in [0, 0.05) is 5.39 Å². The molecule has 2 N–H and O–H groups in total. The van der Waals surface area contributed by atoms with Crippen LogP contribution in [0.1, 0.15) is 5.56 Å². The van der Waals surface area contributed by atoms with Gasteiger partial charge in [0.05, 0.1) is 12.6 Å². The molecule has 0 saturated heterocycles. The van der Waals surface area contributed by atoms with Gasteiger partial charge in [-0.1, -0.05) is 12.1 Å². The SMILES string of the molecule is COc1ccc(-c2ccc3ncnc(N)c3c2)c(C)c1. The van der Waals surface area contributed by atoms with Crippen molar-refractivity contribution in [1.82, 2.24) is 9.97 Å². The number of aromatic nitrogens is 2. The van der Waals surface area contributed by atoms with Gasteiger partial charge in [-0.25, -0.2) is 9.97 Å². The van der Waals surface area contributed by atoms with Gasteiger partial charge in [-0.15, -0.1) is 0 Å². The van der Waals surface area contributed by atoms with E-state index >= 15 is 0 Å².